The van der Waals surface area contributed by atoms with Crippen LogP contribution in [0.3, 0.4) is 0 Å². The summed E-state index contributed by atoms with van der Waals surface area (Å²) in [6.07, 6.45) is 0. The highest BCUT2D eigenvalue weighted by molar-refractivity contribution is 6.31. The van der Waals surface area contributed by atoms with Gasteiger partial charge in [-0.15, -0.1) is 0 Å². The van der Waals surface area contributed by atoms with Crippen LogP contribution in [0.4, 0.5) is 11.4 Å². The van der Waals surface area contributed by atoms with Crippen LogP contribution in [0.25, 0.3) is 0 Å². The molecule has 0 fully saturated rings. The van der Waals surface area contributed by atoms with E-state index in [0.717, 1.165) is 11.6 Å². The number of carbonyl (C=O) groups excluding carboxylic acids is 3. The molecule has 0 atom stereocenters. The van der Waals surface area contributed by atoms with Crippen LogP contribution in [0, 0.1) is 17.0 Å². The van der Waals surface area contributed by atoms with Crippen molar-refractivity contribution in [2.45, 2.75) is 6.92 Å². The topological polar surface area (TPSA) is 110 Å². The van der Waals surface area contributed by atoms with Gasteiger partial charge in [0.15, 0.2) is 0 Å². The second-order valence-electron chi connectivity index (χ2n) is 5.66. The SMILES string of the molecule is Cc1ccc(Cl)cc1NC(=O)CN1C(=O)c2cccc([N+](=O)[O-])c2C1=O. The Morgan fingerprint density at radius 1 is 1.23 bits per heavy atom. The zero-order valence-corrected chi connectivity index (χ0v) is 14.2. The Balaban J connectivity index is 1.83. The normalized spacial score (nSPS) is 12.9. The average Bonchev–Trinajstić information content (AvgIpc) is 2.83. The van der Waals surface area contributed by atoms with E-state index in [1.165, 1.54) is 12.1 Å². The highest BCUT2D eigenvalue weighted by Crippen LogP contribution is 2.30. The van der Waals surface area contributed by atoms with Gasteiger partial charge in [-0.1, -0.05) is 23.7 Å². The van der Waals surface area contributed by atoms with Crippen molar-refractivity contribution < 1.29 is 19.3 Å². The van der Waals surface area contributed by atoms with Crippen molar-refractivity contribution in [1.29, 1.82) is 0 Å². The molecule has 0 bridgehead atoms. The number of hydrogen-bond acceptors (Lipinski definition) is 5. The Bertz CT molecular complexity index is 973. The van der Waals surface area contributed by atoms with Gasteiger partial charge in [-0.3, -0.25) is 29.4 Å². The van der Waals surface area contributed by atoms with E-state index >= 15 is 0 Å². The standard InChI is InChI=1S/C17H12ClN3O5/c1-9-5-6-10(18)7-12(9)19-14(22)8-20-16(23)11-3-2-4-13(21(25)26)15(11)17(20)24/h2-7H,8H2,1H3,(H,19,22). The Morgan fingerprint density at radius 2 is 1.96 bits per heavy atom. The number of benzene rings is 2. The lowest BCUT2D eigenvalue weighted by Gasteiger charge is -2.14. The quantitative estimate of drug-likeness (QED) is 0.503. The minimum atomic E-state index is -0.865. The van der Waals surface area contributed by atoms with E-state index in [0.29, 0.717) is 15.6 Å². The summed E-state index contributed by atoms with van der Waals surface area (Å²) >= 11 is 5.89. The Labute approximate surface area is 152 Å². The van der Waals surface area contributed by atoms with Crippen LogP contribution in [0.2, 0.25) is 5.02 Å². The predicted octanol–water partition coefficient (Wildman–Crippen LogP) is 2.79. The first-order chi connectivity index (χ1) is 12.3. The second kappa shape index (κ2) is 6.57. The van der Waals surface area contributed by atoms with Crippen molar-refractivity contribution in [3.05, 3.63) is 68.2 Å². The van der Waals surface area contributed by atoms with Crippen LogP contribution in [-0.4, -0.2) is 34.1 Å². The third kappa shape index (κ3) is 3.02. The zero-order valence-electron chi connectivity index (χ0n) is 13.5. The van der Waals surface area contributed by atoms with Crippen LogP contribution in [0.5, 0.6) is 0 Å². The van der Waals surface area contributed by atoms with Crippen LogP contribution >= 0.6 is 11.6 Å². The third-order valence-electron chi connectivity index (χ3n) is 3.95. The number of halogens is 1. The fourth-order valence-electron chi connectivity index (χ4n) is 2.67. The molecule has 8 nitrogen and oxygen atoms in total. The fourth-order valence-corrected chi connectivity index (χ4v) is 2.85. The molecule has 1 heterocycles. The van der Waals surface area contributed by atoms with Crippen molar-refractivity contribution >= 4 is 40.7 Å². The summed E-state index contributed by atoms with van der Waals surface area (Å²) < 4.78 is 0. The largest absolute Gasteiger partial charge is 0.324 e. The Hall–Kier alpha value is -3.26. The molecule has 0 aliphatic carbocycles. The van der Waals surface area contributed by atoms with Crippen molar-refractivity contribution in [2.75, 3.05) is 11.9 Å². The molecule has 2 aromatic carbocycles. The minimum absolute atomic E-state index is 0.0871. The highest BCUT2D eigenvalue weighted by atomic mass is 35.5. The number of anilines is 1. The van der Waals surface area contributed by atoms with E-state index in [1.807, 2.05) is 0 Å². The van der Waals surface area contributed by atoms with E-state index in [4.69, 9.17) is 11.6 Å². The molecule has 1 aliphatic rings. The number of nitro benzene ring substituents is 1. The average molecular weight is 374 g/mol. The number of amides is 3. The summed E-state index contributed by atoms with van der Waals surface area (Å²) in [7, 11) is 0. The molecule has 9 heteroatoms. The number of aryl methyl sites for hydroxylation is 1. The van der Waals surface area contributed by atoms with Gasteiger partial charge in [-0.2, -0.15) is 0 Å². The summed E-state index contributed by atoms with van der Waals surface area (Å²) in [5.41, 5.74) is 0.352. The first-order valence-corrected chi connectivity index (χ1v) is 7.87. The molecule has 132 valence electrons. The maximum absolute atomic E-state index is 12.4. The van der Waals surface area contributed by atoms with Gasteiger partial charge in [-0.25, -0.2) is 0 Å². The lowest BCUT2D eigenvalue weighted by molar-refractivity contribution is -0.385. The summed E-state index contributed by atoms with van der Waals surface area (Å²) in [6, 6.07) is 8.70. The number of rotatable bonds is 4. The Kier molecular flexibility index (Phi) is 4.43. The van der Waals surface area contributed by atoms with Gasteiger partial charge in [0.25, 0.3) is 17.5 Å². The number of imide groups is 1. The zero-order chi connectivity index (χ0) is 19.0. The van der Waals surface area contributed by atoms with Gasteiger partial charge in [0, 0.05) is 16.8 Å². The molecule has 3 rings (SSSR count). The molecular weight excluding hydrogens is 362 g/mol. The second-order valence-corrected chi connectivity index (χ2v) is 6.10. The van der Waals surface area contributed by atoms with E-state index in [2.05, 4.69) is 5.32 Å². The molecule has 0 aromatic heterocycles. The maximum atomic E-state index is 12.4. The lowest BCUT2D eigenvalue weighted by Crippen LogP contribution is -2.37. The van der Waals surface area contributed by atoms with Gasteiger partial charge >= 0.3 is 0 Å². The van der Waals surface area contributed by atoms with E-state index in [9.17, 15) is 24.5 Å². The number of carbonyl (C=O) groups is 3. The Morgan fingerprint density at radius 3 is 2.65 bits per heavy atom. The fraction of sp³-hybridized carbons (Fsp3) is 0.118. The summed E-state index contributed by atoms with van der Waals surface area (Å²) in [5.74, 6) is -2.23. The molecule has 26 heavy (non-hydrogen) atoms. The maximum Gasteiger partial charge on any atom is 0.282 e. The summed E-state index contributed by atoms with van der Waals surface area (Å²) in [4.78, 5) is 48.1. The van der Waals surface area contributed by atoms with Crippen molar-refractivity contribution in [1.82, 2.24) is 4.90 Å². The molecule has 2 aromatic rings. The predicted molar refractivity (Wildman–Crippen MR) is 93.3 cm³/mol. The van der Waals surface area contributed by atoms with E-state index in [1.54, 1.807) is 25.1 Å². The highest BCUT2D eigenvalue weighted by Gasteiger charge is 2.41. The molecular formula is C17H12ClN3O5. The molecule has 0 saturated carbocycles. The first kappa shape index (κ1) is 17.6. The van der Waals surface area contributed by atoms with Crippen LogP contribution < -0.4 is 5.32 Å². The van der Waals surface area contributed by atoms with E-state index in [-0.39, 0.29) is 11.1 Å². The molecule has 1 N–H and O–H groups in total. The molecule has 0 saturated heterocycles. The molecule has 0 unspecified atom stereocenters. The summed E-state index contributed by atoms with van der Waals surface area (Å²) in [5, 5.41) is 14.1. The van der Waals surface area contributed by atoms with Crippen molar-refractivity contribution in [3.8, 4) is 0 Å². The number of nitrogens with zero attached hydrogens (tertiary/aromatic N) is 2. The van der Waals surface area contributed by atoms with Crippen LogP contribution in [0.15, 0.2) is 36.4 Å². The monoisotopic (exact) mass is 373 g/mol. The van der Waals surface area contributed by atoms with Crippen molar-refractivity contribution in [3.63, 3.8) is 0 Å². The number of nitrogens with one attached hydrogen (secondary N) is 1. The number of hydrogen-bond donors (Lipinski definition) is 1. The van der Waals surface area contributed by atoms with Gasteiger partial charge in [0.05, 0.1) is 10.5 Å². The van der Waals surface area contributed by atoms with Gasteiger partial charge in [0.2, 0.25) is 5.91 Å². The van der Waals surface area contributed by atoms with Gasteiger partial charge in [-0.05, 0) is 30.7 Å². The lowest BCUT2D eigenvalue weighted by atomic mass is 10.1. The molecule has 3 amide bonds. The molecule has 1 aliphatic heterocycles. The third-order valence-corrected chi connectivity index (χ3v) is 4.18. The van der Waals surface area contributed by atoms with Crippen LogP contribution in [0.1, 0.15) is 26.3 Å². The van der Waals surface area contributed by atoms with Gasteiger partial charge < -0.3 is 5.32 Å². The minimum Gasteiger partial charge on any atom is -0.324 e. The molecule has 0 spiro atoms. The number of fused-ring (bicyclic) bond motifs is 1. The van der Waals surface area contributed by atoms with Crippen molar-refractivity contribution in [2.24, 2.45) is 0 Å². The van der Waals surface area contributed by atoms with Gasteiger partial charge in [0.1, 0.15) is 12.1 Å². The first-order valence-electron chi connectivity index (χ1n) is 7.49. The summed E-state index contributed by atoms with van der Waals surface area (Å²) in [6.45, 7) is 1.20. The smallest absolute Gasteiger partial charge is 0.282 e. The van der Waals surface area contributed by atoms with E-state index < -0.39 is 34.9 Å². The molecule has 0 radical (unpaired) electrons. The number of nitro groups is 1. The van der Waals surface area contributed by atoms with Crippen LogP contribution in [-0.2, 0) is 4.79 Å².